The third-order valence-corrected chi connectivity index (χ3v) is 8.83. The van der Waals surface area contributed by atoms with Gasteiger partial charge >= 0.3 is 0 Å². The maximum Gasteiger partial charge on any atom is 0.145 e. The number of rotatable bonds is 3. The zero-order valence-electron chi connectivity index (χ0n) is 23.5. The van der Waals surface area contributed by atoms with E-state index in [-0.39, 0.29) is 0 Å². The van der Waals surface area contributed by atoms with Crippen molar-refractivity contribution >= 4 is 93.7 Å². The van der Waals surface area contributed by atoms with Gasteiger partial charge in [0.2, 0.25) is 0 Å². The smallest absolute Gasteiger partial charge is 0.145 e. The molecule has 3 aromatic heterocycles. The fraction of sp³-hybridized carbons (Fsp3) is 0. The van der Waals surface area contributed by atoms with Crippen LogP contribution in [0, 0.1) is 0 Å². The Bertz CT molecular complexity index is 2740. The minimum atomic E-state index is 0.845. The highest BCUT2D eigenvalue weighted by molar-refractivity contribution is 6.22. The second-order valence-electron chi connectivity index (χ2n) is 11.3. The van der Waals surface area contributed by atoms with Crippen LogP contribution in [0.4, 0.5) is 17.1 Å². The third-order valence-electron chi connectivity index (χ3n) is 8.83. The first kappa shape index (κ1) is 23.6. The Morgan fingerprint density at radius 1 is 0.364 bits per heavy atom. The Morgan fingerprint density at radius 3 is 1.70 bits per heavy atom. The molecule has 0 aliphatic carbocycles. The molecule has 10 aromatic rings. The molecule has 0 amide bonds. The molecule has 206 valence electrons. The van der Waals surface area contributed by atoms with E-state index in [0.717, 1.165) is 93.7 Å². The number of para-hydroxylation sites is 3. The first-order valence-corrected chi connectivity index (χ1v) is 14.8. The molecule has 3 heterocycles. The van der Waals surface area contributed by atoms with Crippen molar-refractivity contribution in [2.75, 3.05) is 4.90 Å². The van der Waals surface area contributed by atoms with E-state index in [1.165, 1.54) is 0 Å². The van der Waals surface area contributed by atoms with Crippen LogP contribution in [0.25, 0.3) is 76.6 Å². The topological polar surface area (TPSA) is 42.7 Å². The Balaban J connectivity index is 1.33. The van der Waals surface area contributed by atoms with Gasteiger partial charge in [-0.15, -0.1) is 0 Å². The summed E-state index contributed by atoms with van der Waals surface area (Å²) in [6.45, 7) is 0. The number of nitrogens with zero attached hydrogens (tertiary/aromatic N) is 1. The lowest BCUT2D eigenvalue weighted by atomic mass is 10.0. The van der Waals surface area contributed by atoms with Gasteiger partial charge in [-0.3, -0.25) is 0 Å². The quantitative estimate of drug-likeness (QED) is 0.214. The minimum absolute atomic E-state index is 0.845. The normalized spacial score (nSPS) is 12.1. The van der Waals surface area contributed by atoms with E-state index in [9.17, 15) is 0 Å². The Hall–Kier alpha value is -6.00. The Labute approximate surface area is 250 Å². The van der Waals surface area contributed by atoms with Gasteiger partial charge in [0.15, 0.2) is 0 Å². The molecule has 0 spiro atoms. The monoisotopic (exact) mass is 565 g/mol. The molecule has 0 bridgehead atoms. The molecule has 0 atom stereocenters. The summed E-state index contributed by atoms with van der Waals surface area (Å²) in [6, 6.07) is 48.4. The summed E-state index contributed by atoms with van der Waals surface area (Å²) in [5, 5.41) is 8.72. The Morgan fingerprint density at radius 2 is 0.909 bits per heavy atom. The summed E-state index contributed by atoms with van der Waals surface area (Å²) in [7, 11) is 0. The fourth-order valence-corrected chi connectivity index (χ4v) is 6.85. The summed E-state index contributed by atoms with van der Waals surface area (Å²) < 4.78 is 19.2. The Kier molecular flexibility index (Phi) is 4.69. The van der Waals surface area contributed by atoms with Gasteiger partial charge in [0.1, 0.15) is 33.5 Å². The molecule has 0 saturated heterocycles. The van der Waals surface area contributed by atoms with Crippen molar-refractivity contribution in [1.29, 1.82) is 0 Å². The third kappa shape index (κ3) is 3.28. The summed E-state index contributed by atoms with van der Waals surface area (Å²) in [5.41, 5.74) is 8.25. The number of anilines is 3. The standard InChI is InChI=1S/C40H23NO3/c1-2-10-27-24(9-1)21-33(39-31-13-5-8-16-36(31)44-40(27)39)41(25-18-20-37-32(22-25)29-12-4-7-15-35(29)42-37)26-17-19-30-28-11-3-6-14-34(28)43-38(30)23-26/h1-23H. The second kappa shape index (κ2) is 8.76. The zero-order valence-corrected chi connectivity index (χ0v) is 23.5. The number of furan rings is 3. The van der Waals surface area contributed by atoms with Crippen LogP contribution in [0.2, 0.25) is 0 Å². The van der Waals surface area contributed by atoms with Crippen molar-refractivity contribution < 1.29 is 13.3 Å². The van der Waals surface area contributed by atoms with E-state index < -0.39 is 0 Å². The van der Waals surface area contributed by atoms with Gasteiger partial charge < -0.3 is 18.2 Å². The molecule has 7 aromatic carbocycles. The minimum Gasteiger partial charge on any atom is -0.456 e. The van der Waals surface area contributed by atoms with Gasteiger partial charge in [-0.05, 0) is 60.0 Å². The van der Waals surface area contributed by atoms with Gasteiger partial charge in [0, 0.05) is 49.8 Å². The average Bonchev–Trinajstić information content (AvgIpc) is 3.76. The van der Waals surface area contributed by atoms with Gasteiger partial charge in [-0.25, -0.2) is 0 Å². The summed E-state index contributed by atoms with van der Waals surface area (Å²) >= 11 is 0. The molecular formula is C40H23NO3. The van der Waals surface area contributed by atoms with Crippen molar-refractivity contribution in [3.05, 3.63) is 140 Å². The molecule has 0 saturated carbocycles. The van der Waals surface area contributed by atoms with Crippen LogP contribution in [-0.4, -0.2) is 0 Å². The second-order valence-corrected chi connectivity index (χ2v) is 11.3. The first-order valence-electron chi connectivity index (χ1n) is 14.8. The first-order chi connectivity index (χ1) is 21.8. The molecule has 10 rings (SSSR count). The van der Waals surface area contributed by atoms with Crippen molar-refractivity contribution in [1.82, 2.24) is 0 Å². The molecule has 0 aliphatic heterocycles. The fourth-order valence-electron chi connectivity index (χ4n) is 6.85. The molecule has 0 fully saturated rings. The SMILES string of the molecule is c1ccc2c(c1)cc(N(c1ccc3c(c1)oc1ccccc13)c1ccc3oc4ccccc4c3c1)c1c3ccccc3oc21. The summed E-state index contributed by atoms with van der Waals surface area (Å²) in [6.07, 6.45) is 0. The predicted molar refractivity (Wildman–Crippen MR) is 180 cm³/mol. The van der Waals surface area contributed by atoms with E-state index >= 15 is 0 Å². The van der Waals surface area contributed by atoms with Crippen LogP contribution in [0.1, 0.15) is 0 Å². The summed E-state index contributed by atoms with van der Waals surface area (Å²) in [4.78, 5) is 2.32. The lowest BCUT2D eigenvalue weighted by Gasteiger charge is -2.27. The van der Waals surface area contributed by atoms with E-state index in [0.29, 0.717) is 0 Å². The number of fused-ring (bicyclic) bond motifs is 11. The van der Waals surface area contributed by atoms with Gasteiger partial charge in [-0.1, -0.05) is 78.9 Å². The molecule has 0 N–H and O–H groups in total. The van der Waals surface area contributed by atoms with Gasteiger partial charge in [0.25, 0.3) is 0 Å². The van der Waals surface area contributed by atoms with Crippen LogP contribution in [-0.2, 0) is 0 Å². The van der Waals surface area contributed by atoms with E-state index in [4.69, 9.17) is 13.3 Å². The van der Waals surface area contributed by atoms with Crippen molar-refractivity contribution in [3.63, 3.8) is 0 Å². The molecule has 0 aliphatic rings. The van der Waals surface area contributed by atoms with Gasteiger partial charge in [0.05, 0.1) is 11.1 Å². The highest BCUT2D eigenvalue weighted by atomic mass is 16.3. The maximum atomic E-state index is 6.59. The lowest BCUT2D eigenvalue weighted by molar-refractivity contribution is 0.668. The van der Waals surface area contributed by atoms with Crippen molar-refractivity contribution in [2.24, 2.45) is 0 Å². The predicted octanol–water partition coefficient (Wildman–Crippen LogP) is 12.0. The lowest BCUT2D eigenvalue weighted by Crippen LogP contribution is -2.10. The highest BCUT2D eigenvalue weighted by Crippen LogP contribution is 2.47. The van der Waals surface area contributed by atoms with E-state index in [1.807, 2.05) is 36.4 Å². The van der Waals surface area contributed by atoms with Crippen LogP contribution in [0.15, 0.2) is 153 Å². The largest absolute Gasteiger partial charge is 0.456 e. The van der Waals surface area contributed by atoms with Crippen molar-refractivity contribution in [2.45, 2.75) is 0 Å². The van der Waals surface area contributed by atoms with Crippen LogP contribution in [0.3, 0.4) is 0 Å². The van der Waals surface area contributed by atoms with E-state index in [1.54, 1.807) is 0 Å². The highest BCUT2D eigenvalue weighted by Gasteiger charge is 2.23. The molecular weight excluding hydrogens is 542 g/mol. The number of hydrogen-bond donors (Lipinski definition) is 0. The molecule has 0 radical (unpaired) electrons. The molecule has 44 heavy (non-hydrogen) atoms. The van der Waals surface area contributed by atoms with Crippen molar-refractivity contribution in [3.8, 4) is 0 Å². The molecule has 0 unspecified atom stereocenters. The van der Waals surface area contributed by atoms with Gasteiger partial charge in [-0.2, -0.15) is 0 Å². The molecule has 4 heteroatoms. The summed E-state index contributed by atoms with van der Waals surface area (Å²) in [5.74, 6) is 0. The zero-order chi connectivity index (χ0) is 28.8. The van der Waals surface area contributed by atoms with Crippen LogP contribution < -0.4 is 4.90 Å². The average molecular weight is 566 g/mol. The number of hydrogen-bond acceptors (Lipinski definition) is 4. The van der Waals surface area contributed by atoms with E-state index in [2.05, 4.69) is 108 Å². The van der Waals surface area contributed by atoms with Crippen LogP contribution >= 0.6 is 0 Å². The molecule has 4 nitrogen and oxygen atoms in total. The number of benzene rings is 7. The van der Waals surface area contributed by atoms with Crippen LogP contribution in [0.5, 0.6) is 0 Å². The maximum absolute atomic E-state index is 6.59.